The van der Waals surface area contributed by atoms with Gasteiger partial charge in [-0.1, -0.05) is 24.3 Å². The number of benzene rings is 1. The van der Waals surface area contributed by atoms with Gasteiger partial charge in [0.15, 0.2) is 5.60 Å². The van der Waals surface area contributed by atoms with Gasteiger partial charge in [-0.2, -0.15) is 0 Å². The van der Waals surface area contributed by atoms with Crippen LogP contribution >= 0.6 is 0 Å². The Morgan fingerprint density at radius 2 is 1.82 bits per heavy atom. The molecule has 0 aromatic heterocycles. The van der Waals surface area contributed by atoms with E-state index in [0.717, 1.165) is 5.56 Å². The van der Waals surface area contributed by atoms with Gasteiger partial charge >= 0.3 is 5.97 Å². The van der Waals surface area contributed by atoms with Gasteiger partial charge in [0.25, 0.3) is 0 Å². The summed E-state index contributed by atoms with van der Waals surface area (Å²) >= 11 is 0. The lowest BCUT2D eigenvalue weighted by Crippen LogP contribution is -2.37. The quantitative estimate of drug-likeness (QED) is 0.593. The first kappa shape index (κ1) is 13.5. The lowest BCUT2D eigenvalue weighted by atomic mass is 10.1. The molecule has 1 aromatic carbocycles. The number of allylic oxidation sites excluding steroid dienone is 1. The molecular formula is C14H18O3. The highest BCUT2D eigenvalue weighted by Crippen LogP contribution is 2.17. The molecule has 3 nitrogen and oxygen atoms in total. The summed E-state index contributed by atoms with van der Waals surface area (Å²) in [7, 11) is 1.48. The van der Waals surface area contributed by atoms with Crippen LogP contribution in [0.1, 0.15) is 26.3 Å². The Balaban J connectivity index is 2.73. The van der Waals surface area contributed by atoms with Crippen molar-refractivity contribution in [1.82, 2.24) is 0 Å². The normalized spacial score (nSPS) is 11.8. The van der Waals surface area contributed by atoms with Crippen LogP contribution in [-0.2, 0) is 9.53 Å². The third kappa shape index (κ3) is 3.71. The minimum Gasteiger partial charge on any atom is -0.424 e. The zero-order valence-electron chi connectivity index (χ0n) is 10.7. The van der Waals surface area contributed by atoms with Crippen molar-refractivity contribution in [2.75, 3.05) is 7.11 Å². The highest BCUT2D eigenvalue weighted by molar-refractivity contribution is 5.80. The van der Waals surface area contributed by atoms with E-state index in [1.54, 1.807) is 26.0 Å². The lowest BCUT2D eigenvalue weighted by molar-refractivity contribution is -0.154. The third-order valence-corrected chi connectivity index (χ3v) is 2.45. The first-order valence-corrected chi connectivity index (χ1v) is 5.50. The van der Waals surface area contributed by atoms with E-state index in [-0.39, 0.29) is 0 Å². The van der Waals surface area contributed by atoms with Crippen LogP contribution in [0.15, 0.2) is 30.3 Å². The number of rotatable bonds is 4. The highest BCUT2D eigenvalue weighted by Gasteiger charge is 2.29. The third-order valence-electron chi connectivity index (χ3n) is 2.45. The molecule has 1 rings (SSSR count). The smallest absolute Gasteiger partial charge is 0.343 e. The first-order chi connectivity index (χ1) is 7.99. The molecule has 0 N–H and O–H groups in total. The topological polar surface area (TPSA) is 35.5 Å². The van der Waals surface area contributed by atoms with Crippen molar-refractivity contribution < 1.29 is 14.3 Å². The average Bonchev–Trinajstić information content (AvgIpc) is 2.32. The summed E-state index contributed by atoms with van der Waals surface area (Å²) in [4.78, 5) is 11.7. The minimum absolute atomic E-state index is 0.404. The van der Waals surface area contributed by atoms with Crippen LogP contribution in [0, 0.1) is 0 Å². The number of methoxy groups -OCH3 is 1. The Morgan fingerprint density at radius 1 is 1.24 bits per heavy atom. The molecule has 0 saturated carbocycles. The maximum Gasteiger partial charge on any atom is 0.343 e. The minimum atomic E-state index is -0.929. The molecule has 0 unspecified atom stereocenters. The Hall–Kier alpha value is -1.61. The van der Waals surface area contributed by atoms with Crippen LogP contribution in [0.25, 0.3) is 6.08 Å². The Morgan fingerprint density at radius 3 is 2.29 bits per heavy atom. The lowest BCUT2D eigenvalue weighted by Gasteiger charge is -2.20. The van der Waals surface area contributed by atoms with Gasteiger partial charge in [-0.15, -0.1) is 0 Å². The van der Waals surface area contributed by atoms with Crippen LogP contribution in [0.5, 0.6) is 5.75 Å². The Kier molecular flexibility index (Phi) is 4.46. The average molecular weight is 234 g/mol. The van der Waals surface area contributed by atoms with Crippen molar-refractivity contribution in [2.24, 2.45) is 0 Å². The van der Waals surface area contributed by atoms with Crippen LogP contribution in [0.4, 0.5) is 0 Å². The van der Waals surface area contributed by atoms with Gasteiger partial charge in [0.05, 0.1) is 0 Å². The Bertz CT molecular complexity index is 402. The molecule has 0 fully saturated rings. The van der Waals surface area contributed by atoms with Crippen molar-refractivity contribution in [2.45, 2.75) is 26.4 Å². The Labute approximate surface area is 102 Å². The van der Waals surface area contributed by atoms with Gasteiger partial charge in [0, 0.05) is 7.11 Å². The molecule has 0 aliphatic carbocycles. The summed E-state index contributed by atoms with van der Waals surface area (Å²) in [5.41, 5.74) is 0.139. The van der Waals surface area contributed by atoms with Gasteiger partial charge in [-0.25, -0.2) is 4.79 Å². The van der Waals surface area contributed by atoms with E-state index in [1.807, 2.05) is 31.2 Å². The zero-order valence-corrected chi connectivity index (χ0v) is 10.7. The van der Waals surface area contributed by atoms with E-state index in [0.29, 0.717) is 5.75 Å². The van der Waals surface area contributed by atoms with Crippen molar-refractivity contribution >= 4 is 12.0 Å². The van der Waals surface area contributed by atoms with Gasteiger partial charge in [0.2, 0.25) is 0 Å². The van der Waals surface area contributed by atoms with E-state index in [4.69, 9.17) is 9.47 Å². The number of ether oxygens (including phenoxy) is 2. The molecule has 0 bridgehead atoms. The summed E-state index contributed by atoms with van der Waals surface area (Å²) in [6.45, 7) is 5.29. The molecule has 17 heavy (non-hydrogen) atoms. The highest BCUT2D eigenvalue weighted by atomic mass is 16.6. The number of hydrogen-bond acceptors (Lipinski definition) is 3. The number of carbonyl (C=O) groups excluding carboxylic acids is 1. The first-order valence-electron chi connectivity index (χ1n) is 5.50. The second-order valence-corrected chi connectivity index (χ2v) is 4.17. The van der Waals surface area contributed by atoms with Gasteiger partial charge in [-0.05, 0) is 38.5 Å². The molecule has 0 radical (unpaired) electrons. The molecule has 0 atom stereocenters. The number of carbonyl (C=O) groups is 1. The zero-order chi connectivity index (χ0) is 12.9. The maximum atomic E-state index is 11.7. The molecule has 92 valence electrons. The summed E-state index contributed by atoms with van der Waals surface area (Å²) in [6.07, 6.45) is 3.93. The predicted molar refractivity (Wildman–Crippen MR) is 67.9 cm³/mol. The maximum absolute atomic E-state index is 11.7. The van der Waals surface area contributed by atoms with E-state index in [2.05, 4.69) is 0 Å². The van der Waals surface area contributed by atoms with Gasteiger partial charge in [0.1, 0.15) is 5.75 Å². The molecule has 0 aliphatic heterocycles. The molecular weight excluding hydrogens is 216 g/mol. The van der Waals surface area contributed by atoms with Crippen molar-refractivity contribution in [3.05, 3.63) is 35.9 Å². The monoisotopic (exact) mass is 234 g/mol. The van der Waals surface area contributed by atoms with E-state index >= 15 is 0 Å². The van der Waals surface area contributed by atoms with Crippen LogP contribution < -0.4 is 4.74 Å². The predicted octanol–water partition coefficient (Wildman–Crippen LogP) is 3.05. The molecule has 0 amide bonds. The summed E-state index contributed by atoms with van der Waals surface area (Å²) in [6, 6.07) is 7.31. The fourth-order valence-electron chi connectivity index (χ4n) is 1.15. The summed E-state index contributed by atoms with van der Waals surface area (Å²) < 4.78 is 10.3. The molecule has 3 heteroatoms. The molecule has 0 saturated heterocycles. The van der Waals surface area contributed by atoms with Gasteiger partial charge in [-0.3, -0.25) is 0 Å². The summed E-state index contributed by atoms with van der Waals surface area (Å²) in [5, 5.41) is 0. The molecule has 1 aromatic rings. The summed E-state index contributed by atoms with van der Waals surface area (Å²) in [5.74, 6) is 0.118. The van der Waals surface area contributed by atoms with Crippen molar-refractivity contribution in [3.8, 4) is 5.75 Å². The molecule has 0 aliphatic rings. The SMILES string of the molecule is C/C=C/c1ccc(OC(=O)C(C)(C)OC)cc1. The number of esters is 1. The van der Waals surface area contributed by atoms with E-state index < -0.39 is 11.6 Å². The standard InChI is InChI=1S/C14H18O3/c1-5-6-11-7-9-12(10-8-11)17-13(15)14(2,3)16-4/h5-10H,1-4H3/b6-5+. The van der Waals surface area contributed by atoms with E-state index in [9.17, 15) is 4.79 Å². The molecule has 0 spiro atoms. The van der Waals surface area contributed by atoms with Crippen LogP contribution in [-0.4, -0.2) is 18.7 Å². The van der Waals surface area contributed by atoms with Gasteiger partial charge < -0.3 is 9.47 Å². The molecule has 0 heterocycles. The van der Waals surface area contributed by atoms with Crippen molar-refractivity contribution in [1.29, 1.82) is 0 Å². The van der Waals surface area contributed by atoms with Crippen LogP contribution in [0.3, 0.4) is 0 Å². The second kappa shape index (κ2) is 5.64. The largest absolute Gasteiger partial charge is 0.424 e. The van der Waals surface area contributed by atoms with E-state index in [1.165, 1.54) is 7.11 Å². The fraction of sp³-hybridized carbons (Fsp3) is 0.357. The van der Waals surface area contributed by atoms with Crippen LogP contribution in [0.2, 0.25) is 0 Å². The van der Waals surface area contributed by atoms with Crippen molar-refractivity contribution in [3.63, 3.8) is 0 Å². The second-order valence-electron chi connectivity index (χ2n) is 4.17. The fourth-order valence-corrected chi connectivity index (χ4v) is 1.15. The number of hydrogen-bond donors (Lipinski definition) is 0.